The summed E-state index contributed by atoms with van der Waals surface area (Å²) in [6.45, 7) is 0.0912. The topological polar surface area (TPSA) is 123 Å². The van der Waals surface area contributed by atoms with E-state index in [1.165, 1.54) is 17.8 Å². The summed E-state index contributed by atoms with van der Waals surface area (Å²) in [5.41, 5.74) is 4.12. The first-order chi connectivity index (χ1) is 16.4. The normalized spacial score (nSPS) is 12.7. The summed E-state index contributed by atoms with van der Waals surface area (Å²) in [7, 11) is 1.48. The van der Waals surface area contributed by atoms with Gasteiger partial charge in [0.1, 0.15) is 18.5 Å². The molecule has 0 saturated heterocycles. The molecule has 1 atom stereocenters. The summed E-state index contributed by atoms with van der Waals surface area (Å²) in [4.78, 5) is 36.3. The van der Waals surface area contributed by atoms with Crippen LogP contribution in [-0.2, 0) is 16.6 Å². The maximum atomic E-state index is 12.7. The zero-order valence-electron chi connectivity index (χ0n) is 18.3. The molecule has 0 saturated carbocycles. The van der Waals surface area contributed by atoms with Gasteiger partial charge in [0.15, 0.2) is 5.69 Å². The van der Waals surface area contributed by atoms with E-state index in [9.17, 15) is 14.4 Å². The number of alkyl carbamates (subject to hydrolysis) is 1. The lowest BCUT2D eigenvalue weighted by Crippen LogP contribution is -2.44. The number of benzene rings is 2. The van der Waals surface area contributed by atoms with Gasteiger partial charge in [-0.15, -0.1) is 12.3 Å². The molecule has 3 aromatic rings. The second kappa shape index (κ2) is 9.50. The molecule has 172 valence electrons. The van der Waals surface area contributed by atoms with E-state index in [1.807, 2.05) is 48.5 Å². The van der Waals surface area contributed by atoms with E-state index in [4.69, 9.17) is 16.3 Å². The van der Waals surface area contributed by atoms with Crippen LogP contribution >= 0.6 is 0 Å². The highest BCUT2D eigenvalue weighted by molar-refractivity contribution is 5.97. The summed E-state index contributed by atoms with van der Waals surface area (Å²) in [5, 5.41) is 17.9. The van der Waals surface area contributed by atoms with Crippen molar-refractivity contribution in [1.82, 2.24) is 15.1 Å². The second-order valence-corrected chi connectivity index (χ2v) is 7.76. The molecule has 1 heterocycles. The number of aryl methyl sites for hydroxylation is 1. The summed E-state index contributed by atoms with van der Waals surface area (Å²) in [6.07, 6.45) is 4.50. The molecule has 3 N–H and O–H groups in total. The number of nitrogens with one attached hydrogen (secondary N) is 2. The minimum atomic E-state index is -1.23. The number of carbonyl (C=O) groups excluding carboxylic acids is 2. The van der Waals surface area contributed by atoms with Crippen molar-refractivity contribution in [3.63, 3.8) is 0 Å². The maximum Gasteiger partial charge on any atom is 0.407 e. The highest BCUT2D eigenvalue weighted by atomic mass is 16.5. The molecular formula is C25H22N4O5. The van der Waals surface area contributed by atoms with E-state index < -0.39 is 24.0 Å². The van der Waals surface area contributed by atoms with Crippen molar-refractivity contribution < 1.29 is 24.2 Å². The second-order valence-electron chi connectivity index (χ2n) is 7.76. The Morgan fingerprint density at radius 1 is 1.15 bits per heavy atom. The van der Waals surface area contributed by atoms with Crippen molar-refractivity contribution in [2.75, 3.05) is 11.9 Å². The largest absolute Gasteiger partial charge is 0.476 e. The minimum Gasteiger partial charge on any atom is -0.476 e. The molecule has 1 unspecified atom stereocenters. The number of rotatable bonds is 7. The fourth-order valence-electron chi connectivity index (χ4n) is 4.01. The van der Waals surface area contributed by atoms with E-state index in [0.717, 1.165) is 22.3 Å². The van der Waals surface area contributed by atoms with Crippen molar-refractivity contribution in [3.05, 3.63) is 71.4 Å². The number of terminal acetylenes is 1. The number of carboxylic acids is 1. The van der Waals surface area contributed by atoms with Crippen LogP contribution in [0.4, 0.5) is 10.6 Å². The molecule has 2 amide bonds. The van der Waals surface area contributed by atoms with E-state index in [0.29, 0.717) is 0 Å². The molecule has 4 rings (SSSR count). The van der Waals surface area contributed by atoms with Gasteiger partial charge in [-0.1, -0.05) is 48.5 Å². The smallest absolute Gasteiger partial charge is 0.407 e. The Bertz CT molecular complexity index is 1260. The van der Waals surface area contributed by atoms with Crippen molar-refractivity contribution in [1.29, 1.82) is 0 Å². The van der Waals surface area contributed by atoms with Gasteiger partial charge in [0.2, 0.25) is 5.91 Å². The number of anilines is 1. The van der Waals surface area contributed by atoms with Crippen molar-refractivity contribution in [2.45, 2.75) is 18.4 Å². The van der Waals surface area contributed by atoms with E-state index in [-0.39, 0.29) is 30.5 Å². The SMILES string of the molecule is C#CCC(NC(=O)OCC1c2ccccc2-c2ccccc21)C(=O)Nc1cc(C(=O)O)nn1C. The lowest BCUT2D eigenvalue weighted by atomic mass is 9.98. The molecule has 1 aliphatic carbocycles. The summed E-state index contributed by atoms with van der Waals surface area (Å²) in [5.74, 6) is 0.534. The first-order valence-electron chi connectivity index (χ1n) is 10.5. The molecule has 0 fully saturated rings. The van der Waals surface area contributed by atoms with E-state index >= 15 is 0 Å². The zero-order chi connectivity index (χ0) is 24.2. The average Bonchev–Trinajstić information content (AvgIpc) is 3.35. The van der Waals surface area contributed by atoms with Gasteiger partial charge < -0.3 is 20.5 Å². The van der Waals surface area contributed by atoms with Crippen LogP contribution in [0.5, 0.6) is 0 Å². The Labute approximate surface area is 195 Å². The van der Waals surface area contributed by atoms with Crippen LogP contribution in [0.2, 0.25) is 0 Å². The highest BCUT2D eigenvalue weighted by Gasteiger charge is 2.30. The van der Waals surface area contributed by atoms with Gasteiger partial charge in [-0.05, 0) is 22.3 Å². The number of amides is 2. The summed E-state index contributed by atoms with van der Waals surface area (Å²) < 4.78 is 6.69. The summed E-state index contributed by atoms with van der Waals surface area (Å²) >= 11 is 0. The Balaban J connectivity index is 1.41. The fraction of sp³-hybridized carbons (Fsp3) is 0.200. The van der Waals surface area contributed by atoms with Crippen LogP contribution < -0.4 is 10.6 Å². The van der Waals surface area contributed by atoms with Crippen LogP contribution in [0.25, 0.3) is 11.1 Å². The number of aromatic nitrogens is 2. The standard InChI is InChI=1S/C25H22N4O5/c1-3-8-20(23(30)27-22-13-21(24(31)32)28-29(22)2)26-25(33)34-14-19-17-11-6-4-9-15(17)16-10-5-7-12-18(16)19/h1,4-7,9-13,19-20H,8,14H2,2H3,(H,26,33)(H,27,30)(H,31,32). The minimum absolute atomic E-state index is 0.0837. The third kappa shape index (κ3) is 4.47. The molecule has 9 heteroatoms. The van der Waals surface area contributed by atoms with Gasteiger partial charge in [0.05, 0.1) is 0 Å². The van der Waals surface area contributed by atoms with Crippen LogP contribution in [0.15, 0.2) is 54.6 Å². The Morgan fingerprint density at radius 3 is 2.32 bits per heavy atom. The Kier molecular flexibility index (Phi) is 6.32. The van der Waals surface area contributed by atoms with Gasteiger partial charge in [-0.2, -0.15) is 5.10 Å². The molecule has 34 heavy (non-hydrogen) atoms. The number of carboxylic acid groups (broad SMARTS) is 1. The zero-order valence-corrected chi connectivity index (χ0v) is 18.3. The number of ether oxygens (including phenoxy) is 1. The predicted octanol–water partition coefficient (Wildman–Crippen LogP) is 2.99. The first kappa shape index (κ1) is 22.6. The molecule has 0 aliphatic heterocycles. The number of carbonyl (C=O) groups is 3. The third-order valence-corrected chi connectivity index (χ3v) is 5.62. The maximum absolute atomic E-state index is 12.7. The molecule has 2 aromatic carbocycles. The van der Waals surface area contributed by atoms with Crippen LogP contribution in [-0.4, -0.2) is 45.5 Å². The lowest BCUT2D eigenvalue weighted by molar-refractivity contribution is -0.118. The first-order valence-corrected chi connectivity index (χ1v) is 10.5. The van der Waals surface area contributed by atoms with Crippen molar-refractivity contribution in [2.24, 2.45) is 7.05 Å². The molecule has 9 nitrogen and oxygen atoms in total. The van der Waals surface area contributed by atoms with Crippen molar-refractivity contribution >= 4 is 23.8 Å². The van der Waals surface area contributed by atoms with Crippen LogP contribution in [0.3, 0.4) is 0 Å². The lowest BCUT2D eigenvalue weighted by Gasteiger charge is -2.18. The average molecular weight is 458 g/mol. The van der Waals surface area contributed by atoms with Gasteiger partial charge in [-0.3, -0.25) is 9.48 Å². The van der Waals surface area contributed by atoms with Crippen LogP contribution in [0, 0.1) is 12.3 Å². The van der Waals surface area contributed by atoms with Gasteiger partial charge in [0, 0.05) is 25.5 Å². The number of fused-ring (bicyclic) bond motifs is 3. The van der Waals surface area contributed by atoms with Gasteiger partial charge >= 0.3 is 12.1 Å². The molecule has 1 aliphatic rings. The summed E-state index contributed by atoms with van der Waals surface area (Å²) in [6, 6.07) is 16.0. The quantitative estimate of drug-likeness (QED) is 0.468. The van der Waals surface area contributed by atoms with Gasteiger partial charge in [0.25, 0.3) is 0 Å². The van der Waals surface area contributed by atoms with Gasteiger partial charge in [-0.25, -0.2) is 9.59 Å². The number of nitrogens with zero attached hydrogens (tertiary/aromatic N) is 2. The fourth-order valence-corrected chi connectivity index (χ4v) is 4.01. The van der Waals surface area contributed by atoms with Crippen molar-refractivity contribution in [3.8, 4) is 23.5 Å². The highest BCUT2D eigenvalue weighted by Crippen LogP contribution is 2.44. The van der Waals surface area contributed by atoms with Crippen LogP contribution in [0.1, 0.15) is 34.0 Å². The number of hydrogen-bond acceptors (Lipinski definition) is 5. The molecule has 0 bridgehead atoms. The molecular weight excluding hydrogens is 436 g/mol. The molecule has 1 aromatic heterocycles. The number of aromatic carboxylic acids is 1. The van der Waals surface area contributed by atoms with E-state index in [1.54, 1.807) is 0 Å². The molecule has 0 spiro atoms. The Hall–Kier alpha value is -4.58. The van der Waals surface area contributed by atoms with E-state index in [2.05, 4.69) is 21.7 Å². The number of hydrogen-bond donors (Lipinski definition) is 3. The molecule has 0 radical (unpaired) electrons. The predicted molar refractivity (Wildman–Crippen MR) is 124 cm³/mol. The third-order valence-electron chi connectivity index (χ3n) is 5.62. The monoisotopic (exact) mass is 458 g/mol. The Morgan fingerprint density at radius 2 is 1.76 bits per heavy atom.